The van der Waals surface area contributed by atoms with Gasteiger partial charge >= 0.3 is 0 Å². The fraction of sp³-hybridized carbons (Fsp3) is 0.600. The van der Waals surface area contributed by atoms with Crippen molar-refractivity contribution in [2.45, 2.75) is 33.2 Å². The zero-order valence-corrected chi connectivity index (χ0v) is 14.2. The summed E-state index contributed by atoms with van der Waals surface area (Å²) >= 11 is 3.44. The van der Waals surface area contributed by atoms with Crippen molar-refractivity contribution >= 4 is 27.7 Å². The molecular formula is C15H22BrN3O2. The highest BCUT2D eigenvalue weighted by atomic mass is 79.9. The third-order valence-electron chi connectivity index (χ3n) is 3.78. The molecule has 116 valence electrons. The molecule has 2 heterocycles. The Morgan fingerprint density at radius 1 is 1.19 bits per heavy atom. The normalized spacial score (nSPS) is 16.0. The van der Waals surface area contributed by atoms with Crippen LogP contribution >= 0.6 is 15.9 Å². The highest BCUT2D eigenvalue weighted by Crippen LogP contribution is 2.18. The molecule has 0 bridgehead atoms. The van der Waals surface area contributed by atoms with Gasteiger partial charge in [-0.15, -0.1) is 0 Å². The van der Waals surface area contributed by atoms with Crippen LogP contribution in [0.3, 0.4) is 0 Å². The summed E-state index contributed by atoms with van der Waals surface area (Å²) in [4.78, 5) is 27.8. The molecule has 0 unspecified atom stereocenters. The minimum Gasteiger partial charge on any atom is -0.342 e. The van der Waals surface area contributed by atoms with Gasteiger partial charge in [0.15, 0.2) is 0 Å². The van der Waals surface area contributed by atoms with E-state index in [1.54, 1.807) is 6.92 Å². The molecule has 1 saturated heterocycles. The lowest BCUT2D eigenvalue weighted by Gasteiger charge is -2.22. The van der Waals surface area contributed by atoms with Crippen molar-refractivity contribution in [1.29, 1.82) is 0 Å². The minimum absolute atomic E-state index is 0.0551. The van der Waals surface area contributed by atoms with E-state index in [0.29, 0.717) is 19.6 Å². The Balaban J connectivity index is 2.11. The average Bonchev–Trinajstić information content (AvgIpc) is 2.65. The van der Waals surface area contributed by atoms with E-state index in [1.807, 2.05) is 26.6 Å². The van der Waals surface area contributed by atoms with Gasteiger partial charge in [-0.2, -0.15) is 0 Å². The van der Waals surface area contributed by atoms with Crippen LogP contribution < -0.4 is 0 Å². The molecule has 5 nitrogen and oxygen atoms in total. The maximum atomic E-state index is 12.7. The van der Waals surface area contributed by atoms with Crippen molar-refractivity contribution in [3.63, 3.8) is 0 Å². The van der Waals surface area contributed by atoms with Crippen molar-refractivity contribution in [2.24, 2.45) is 0 Å². The zero-order chi connectivity index (χ0) is 15.4. The molecule has 2 amide bonds. The maximum absolute atomic E-state index is 12.7. The van der Waals surface area contributed by atoms with Gasteiger partial charge in [0.05, 0.1) is 0 Å². The fourth-order valence-electron chi connectivity index (χ4n) is 2.68. The Morgan fingerprint density at radius 2 is 1.86 bits per heavy atom. The number of carbonyl (C=O) groups excluding carboxylic acids is 2. The number of hydrogen-bond acceptors (Lipinski definition) is 2. The molecule has 6 heteroatoms. The summed E-state index contributed by atoms with van der Waals surface area (Å²) in [5, 5.41) is 0. The van der Waals surface area contributed by atoms with Crippen LogP contribution in [0.25, 0.3) is 0 Å². The second-order valence-corrected chi connectivity index (χ2v) is 6.30. The fourth-order valence-corrected chi connectivity index (χ4v) is 3.14. The minimum atomic E-state index is 0.0551. The molecule has 0 atom stereocenters. The molecule has 1 aromatic heterocycles. The van der Waals surface area contributed by atoms with Crippen LogP contribution in [-0.2, 0) is 11.3 Å². The largest absolute Gasteiger partial charge is 0.342 e. The molecular weight excluding hydrogens is 334 g/mol. The second-order valence-electron chi connectivity index (χ2n) is 5.39. The second kappa shape index (κ2) is 7.11. The molecule has 2 rings (SSSR count). The van der Waals surface area contributed by atoms with E-state index in [4.69, 9.17) is 0 Å². The summed E-state index contributed by atoms with van der Waals surface area (Å²) in [7, 11) is 0. The lowest BCUT2D eigenvalue weighted by atomic mass is 10.3. The van der Waals surface area contributed by atoms with Crippen molar-refractivity contribution in [3.05, 3.63) is 22.4 Å². The van der Waals surface area contributed by atoms with Crippen LogP contribution in [0, 0.1) is 0 Å². The van der Waals surface area contributed by atoms with Gasteiger partial charge in [-0.05, 0) is 34.8 Å². The SMILES string of the molecule is CCCn1cc(Br)cc1C(=O)N1CCCN(C(C)=O)CC1. The first-order valence-corrected chi connectivity index (χ1v) is 8.22. The Hall–Kier alpha value is -1.30. The van der Waals surface area contributed by atoms with E-state index in [-0.39, 0.29) is 11.8 Å². The number of amides is 2. The first-order chi connectivity index (χ1) is 10.0. The molecule has 0 N–H and O–H groups in total. The van der Waals surface area contributed by atoms with E-state index >= 15 is 0 Å². The van der Waals surface area contributed by atoms with Crippen molar-refractivity contribution in [1.82, 2.24) is 14.4 Å². The summed E-state index contributed by atoms with van der Waals surface area (Å²) < 4.78 is 2.93. The third kappa shape index (κ3) is 3.87. The molecule has 1 aromatic rings. The van der Waals surface area contributed by atoms with Crippen LogP contribution in [0.4, 0.5) is 0 Å². The predicted octanol–water partition coefficient (Wildman–Crippen LogP) is 2.36. The number of rotatable bonds is 3. The van der Waals surface area contributed by atoms with Gasteiger partial charge in [0, 0.05) is 50.3 Å². The Kier molecular flexibility index (Phi) is 5.45. The Labute approximate surface area is 134 Å². The van der Waals surface area contributed by atoms with Crippen LogP contribution in [0.1, 0.15) is 37.2 Å². The monoisotopic (exact) mass is 355 g/mol. The molecule has 0 aromatic carbocycles. The van der Waals surface area contributed by atoms with Gasteiger partial charge in [0.1, 0.15) is 5.69 Å². The predicted molar refractivity (Wildman–Crippen MR) is 85.2 cm³/mol. The Morgan fingerprint density at radius 3 is 2.52 bits per heavy atom. The standard InChI is InChI=1S/C15H22BrN3O2/c1-3-5-19-11-13(16)10-14(19)15(21)18-7-4-6-17(8-9-18)12(2)20/h10-11H,3-9H2,1-2H3. The van der Waals surface area contributed by atoms with E-state index in [1.165, 1.54) is 0 Å². The van der Waals surface area contributed by atoms with Crippen LogP contribution in [0.5, 0.6) is 0 Å². The van der Waals surface area contributed by atoms with Crippen LogP contribution in [0.15, 0.2) is 16.7 Å². The van der Waals surface area contributed by atoms with Gasteiger partial charge in [0.25, 0.3) is 5.91 Å². The maximum Gasteiger partial charge on any atom is 0.270 e. The van der Waals surface area contributed by atoms with E-state index in [2.05, 4.69) is 22.9 Å². The lowest BCUT2D eigenvalue weighted by molar-refractivity contribution is -0.128. The highest BCUT2D eigenvalue weighted by molar-refractivity contribution is 9.10. The van der Waals surface area contributed by atoms with Gasteiger partial charge < -0.3 is 14.4 Å². The summed E-state index contributed by atoms with van der Waals surface area (Å²) in [5.74, 6) is 0.140. The summed E-state index contributed by atoms with van der Waals surface area (Å²) in [6.45, 7) is 7.18. The lowest BCUT2D eigenvalue weighted by Crippen LogP contribution is -2.37. The van der Waals surface area contributed by atoms with Crippen LogP contribution in [0.2, 0.25) is 0 Å². The molecule has 1 aliphatic rings. The first-order valence-electron chi connectivity index (χ1n) is 7.43. The van der Waals surface area contributed by atoms with E-state index < -0.39 is 0 Å². The number of carbonyl (C=O) groups is 2. The zero-order valence-electron chi connectivity index (χ0n) is 12.6. The third-order valence-corrected chi connectivity index (χ3v) is 4.21. The number of aryl methyl sites for hydroxylation is 1. The average molecular weight is 356 g/mol. The summed E-state index contributed by atoms with van der Waals surface area (Å²) in [6, 6.07) is 1.88. The summed E-state index contributed by atoms with van der Waals surface area (Å²) in [6.07, 6.45) is 3.77. The van der Waals surface area contributed by atoms with Gasteiger partial charge in [0.2, 0.25) is 5.91 Å². The number of hydrogen-bond donors (Lipinski definition) is 0. The molecule has 0 spiro atoms. The number of nitrogens with zero attached hydrogens (tertiary/aromatic N) is 3. The highest BCUT2D eigenvalue weighted by Gasteiger charge is 2.23. The molecule has 0 radical (unpaired) electrons. The van der Waals surface area contributed by atoms with E-state index in [0.717, 1.165) is 36.1 Å². The first kappa shape index (κ1) is 16.1. The quantitative estimate of drug-likeness (QED) is 0.835. The smallest absolute Gasteiger partial charge is 0.270 e. The van der Waals surface area contributed by atoms with Crippen molar-refractivity contribution in [2.75, 3.05) is 26.2 Å². The van der Waals surface area contributed by atoms with Crippen molar-refractivity contribution in [3.8, 4) is 0 Å². The molecule has 0 aliphatic carbocycles. The number of aromatic nitrogens is 1. The molecule has 1 fully saturated rings. The van der Waals surface area contributed by atoms with E-state index in [9.17, 15) is 9.59 Å². The molecule has 0 saturated carbocycles. The topological polar surface area (TPSA) is 45.6 Å². The summed E-state index contributed by atoms with van der Waals surface area (Å²) in [5.41, 5.74) is 0.722. The number of halogens is 1. The van der Waals surface area contributed by atoms with Gasteiger partial charge in [-0.25, -0.2) is 0 Å². The van der Waals surface area contributed by atoms with Gasteiger partial charge in [-0.3, -0.25) is 9.59 Å². The molecule has 21 heavy (non-hydrogen) atoms. The van der Waals surface area contributed by atoms with Crippen LogP contribution in [-0.4, -0.2) is 52.4 Å². The Bertz CT molecular complexity index is 527. The van der Waals surface area contributed by atoms with Crippen molar-refractivity contribution < 1.29 is 9.59 Å². The van der Waals surface area contributed by atoms with Gasteiger partial charge in [-0.1, -0.05) is 6.92 Å². The molecule has 1 aliphatic heterocycles.